The number of rotatable bonds is 3. The Morgan fingerprint density at radius 1 is 1.05 bits per heavy atom. The Morgan fingerprint density at radius 2 is 1.68 bits per heavy atom. The molecule has 114 valence electrons. The van der Waals surface area contributed by atoms with Crippen LogP contribution in [0.25, 0.3) is 10.9 Å². The third kappa shape index (κ3) is 3.79. The van der Waals surface area contributed by atoms with E-state index in [1.54, 1.807) is 7.11 Å². The van der Waals surface area contributed by atoms with E-state index in [4.69, 9.17) is 0 Å². The first-order valence-corrected chi connectivity index (χ1v) is 7.41. The standard InChI is InChI=1S/C17H17N.C3H6O/c1-12-7-9-14(10-8-12)11-16-13(2)18-17-6-4-3-5-15(16)17;1-3-4-2/h3-10,18H,11H2,1-2H3;3H,1H2,2H3. The van der Waals surface area contributed by atoms with E-state index in [-0.39, 0.29) is 0 Å². The molecule has 1 aromatic heterocycles. The summed E-state index contributed by atoms with van der Waals surface area (Å²) in [5.74, 6) is 0. The molecule has 2 heteroatoms. The number of ether oxygens (including phenoxy) is 1. The molecule has 0 amide bonds. The van der Waals surface area contributed by atoms with Crippen molar-refractivity contribution in [3.8, 4) is 0 Å². The fraction of sp³-hybridized carbons (Fsp3) is 0.200. The Bertz CT molecular complexity index is 738. The molecule has 2 nitrogen and oxygen atoms in total. The number of fused-ring (bicyclic) bond motifs is 1. The topological polar surface area (TPSA) is 25.0 Å². The maximum Gasteiger partial charge on any atom is 0.0766 e. The first kappa shape index (κ1) is 15.9. The molecule has 3 aromatic rings. The summed E-state index contributed by atoms with van der Waals surface area (Å²) in [7, 11) is 1.56. The number of benzene rings is 2. The van der Waals surface area contributed by atoms with E-state index in [1.165, 1.54) is 39.5 Å². The van der Waals surface area contributed by atoms with Crippen LogP contribution in [0.15, 0.2) is 61.4 Å². The molecule has 0 saturated heterocycles. The van der Waals surface area contributed by atoms with Crippen LogP contribution >= 0.6 is 0 Å². The molecule has 2 aromatic carbocycles. The molecule has 1 heterocycles. The summed E-state index contributed by atoms with van der Waals surface area (Å²) >= 11 is 0. The van der Waals surface area contributed by atoms with Crippen molar-refractivity contribution in [2.24, 2.45) is 0 Å². The first-order chi connectivity index (χ1) is 10.7. The maximum absolute atomic E-state index is 4.31. The zero-order chi connectivity index (χ0) is 15.9. The Hall–Kier alpha value is -2.48. The fourth-order valence-corrected chi connectivity index (χ4v) is 2.47. The number of hydrogen-bond donors (Lipinski definition) is 1. The van der Waals surface area contributed by atoms with Crippen molar-refractivity contribution in [2.45, 2.75) is 20.3 Å². The highest BCUT2D eigenvalue weighted by molar-refractivity contribution is 5.84. The van der Waals surface area contributed by atoms with Crippen molar-refractivity contribution in [1.29, 1.82) is 0 Å². The summed E-state index contributed by atoms with van der Waals surface area (Å²) in [5, 5.41) is 1.34. The minimum atomic E-state index is 0.996. The highest BCUT2D eigenvalue weighted by Crippen LogP contribution is 2.24. The lowest BCUT2D eigenvalue weighted by atomic mass is 10.0. The van der Waals surface area contributed by atoms with Gasteiger partial charge in [-0.15, -0.1) is 0 Å². The van der Waals surface area contributed by atoms with Gasteiger partial charge in [0.05, 0.1) is 13.4 Å². The summed E-state index contributed by atoms with van der Waals surface area (Å²) in [5.41, 5.74) is 6.60. The molecule has 0 saturated carbocycles. The average Bonchev–Trinajstić information content (AvgIpc) is 2.86. The summed E-state index contributed by atoms with van der Waals surface area (Å²) < 4.78 is 4.31. The van der Waals surface area contributed by atoms with Crippen LogP contribution in [0.2, 0.25) is 0 Å². The second-order valence-electron chi connectivity index (χ2n) is 5.34. The minimum absolute atomic E-state index is 0.996. The lowest BCUT2D eigenvalue weighted by Crippen LogP contribution is -1.89. The number of aromatic amines is 1. The van der Waals surface area contributed by atoms with E-state index in [2.05, 4.69) is 78.7 Å². The molecule has 0 aliphatic heterocycles. The van der Waals surface area contributed by atoms with Gasteiger partial charge in [0.25, 0.3) is 0 Å². The fourth-order valence-electron chi connectivity index (χ4n) is 2.47. The maximum atomic E-state index is 4.31. The van der Waals surface area contributed by atoms with E-state index >= 15 is 0 Å². The van der Waals surface area contributed by atoms with Gasteiger partial charge in [0, 0.05) is 16.6 Å². The van der Waals surface area contributed by atoms with Crippen molar-refractivity contribution < 1.29 is 4.74 Å². The van der Waals surface area contributed by atoms with Crippen LogP contribution in [0.4, 0.5) is 0 Å². The van der Waals surface area contributed by atoms with E-state index in [0.29, 0.717) is 0 Å². The van der Waals surface area contributed by atoms with Gasteiger partial charge in [-0.1, -0.05) is 54.6 Å². The van der Waals surface area contributed by atoms with Crippen molar-refractivity contribution in [3.63, 3.8) is 0 Å². The second-order valence-corrected chi connectivity index (χ2v) is 5.34. The predicted octanol–water partition coefficient (Wildman–Crippen LogP) is 5.15. The van der Waals surface area contributed by atoms with Gasteiger partial charge >= 0.3 is 0 Å². The first-order valence-electron chi connectivity index (χ1n) is 7.41. The zero-order valence-corrected chi connectivity index (χ0v) is 13.5. The summed E-state index contributed by atoms with van der Waals surface area (Å²) in [6.07, 6.45) is 2.37. The van der Waals surface area contributed by atoms with E-state index < -0.39 is 0 Å². The molecule has 0 aliphatic carbocycles. The number of hydrogen-bond acceptors (Lipinski definition) is 1. The molecule has 0 fully saturated rings. The van der Waals surface area contributed by atoms with Gasteiger partial charge < -0.3 is 9.72 Å². The normalized spacial score (nSPS) is 9.95. The Morgan fingerprint density at radius 3 is 2.32 bits per heavy atom. The van der Waals surface area contributed by atoms with Crippen LogP contribution in [-0.4, -0.2) is 12.1 Å². The summed E-state index contributed by atoms with van der Waals surface area (Å²) in [4.78, 5) is 3.46. The minimum Gasteiger partial charge on any atom is -0.505 e. The molecule has 0 aliphatic rings. The summed E-state index contributed by atoms with van der Waals surface area (Å²) in [6, 6.07) is 17.3. The van der Waals surface area contributed by atoms with Crippen molar-refractivity contribution in [2.75, 3.05) is 7.11 Å². The number of aryl methyl sites for hydroxylation is 2. The van der Waals surface area contributed by atoms with Gasteiger partial charge in [-0.2, -0.15) is 0 Å². The Balaban J connectivity index is 0.000000396. The molecule has 0 atom stereocenters. The smallest absolute Gasteiger partial charge is 0.0766 e. The average molecular weight is 293 g/mol. The number of nitrogens with one attached hydrogen (secondary N) is 1. The SMILES string of the molecule is C=COC.Cc1ccc(Cc2c(C)[nH]c3ccccc23)cc1. The monoisotopic (exact) mass is 293 g/mol. The number of methoxy groups -OCH3 is 1. The molecular weight excluding hydrogens is 270 g/mol. The van der Waals surface area contributed by atoms with Gasteiger partial charge in [0.2, 0.25) is 0 Å². The second kappa shape index (κ2) is 7.51. The van der Waals surface area contributed by atoms with Crippen LogP contribution in [0.5, 0.6) is 0 Å². The molecule has 0 radical (unpaired) electrons. The third-order valence-corrected chi connectivity index (χ3v) is 3.70. The van der Waals surface area contributed by atoms with Gasteiger partial charge in [0.1, 0.15) is 0 Å². The number of aromatic nitrogens is 1. The molecule has 22 heavy (non-hydrogen) atoms. The molecule has 0 bridgehead atoms. The lowest BCUT2D eigenvalue weighted by Gasteiger charge is -2.03. The van der Waals surface area contributed by atoms with Crippen LogP contribution in [-0.2, 0) is 11.2 Å². The number of H-pyrrole nitrogens is 1. The number of para-hydroxylation sites is 1. The van der Waals surface area contributed by atoms with Gasteiger partial charge in [0.15, 0.2) is 0 Å². The molecule has 0 unspecified atom stereocenters. The van der Waals surface area contributed by atoms with Crippen LogP contribution in [0.1, 0.15) is 22.4 Å². The molecule has 1 N–H and O–H groups in total. The Kier molecular flexibility index (Phi) is 5.42. The highest BCUT2D eigenvalue weighted by Gasteiger charge is 2.08. The van der Waals surface area contributed by atoms with E-state index in [0.717, 1.165) is 6.42 Å². The molecule has 3 rings (SSSR count). The van der Waals surface area contributed by atoms with Gasteiger partial charge in [-0.25, -0.2) is 0 Å². The van der Waals surface area contributed by atoms with Gasteiger partial charge in [-0.3, -0.25) is 0 Å². The van der Waals surface area contributed by atoms with Crippen LogP contribution < -0.4 is 0 Å². The van der Waals surface area contributed by atoms with E-state index in [1.807, 2.05) is 0 Å². The molecular formula is C20H23NO. The molecule has 0 spiro atoms. The van der Waals surface area contributed by atoms with Gasteiger partial charge in [-0.05, 0) is 37.5 Å². The zero-order valence-electron chi connectivity index (χ0n) is 13.5. The predicted molar refractivity (Wildman–Crippen MR) is 94.2 cm³/mol. The van der Waals surface area contributed by atoms with Crippen LogP contribution in [0, 0.1) is 13.8 Å². The summed E-state index contributed by atoms with van der Waals surface area (Å²) in [6.45, 7) is 7.54. The Labute approximate surface area is 132 Å². The van der Waals surface area contributed by atoms with Crippen molar-refractivity contribution in [3.05, 3.63) is 83.8 Å². The largest absolute Gasteiger partial charge is 0.505 e. The lowest BCUT2D eigenvalue weighted by molar-refractivity contribution is 0.339. The van der Waals surface area contributed by atoms with Crippen molar-refractivity contribution >= 4 is 10.9 Å². The van der Waals surface area contributed by atoms with Crippen molar-refractivity contribution in [1.82, 2.24) is 4.98 Å². The van der Waals surface area contributed by atoms with E-state index in [9.17, 15) is 0 Å². The quantitative estimate of drug-likeness (QED) is 0.664. The van der Waals surface area contributed by atoms with Crippen LogP contribution in [0.3, 0.4) is 0 Å². The highest BCUT2D eigenvalue weighted by atomic mass is 16.5. The third-order valence-electron chi connectivity index (χ3n) is 3.70.